The second-order valence-electron chi connectivity index (χ2n) is 3.08. The maximum absolute atomic E-state index is 10.5. The topological polar surface area (TPSA) is 92.6 Å². The molecule has 0 aromatic carbocycles. The Kier molecular flexibility index (Phi) is 4.80. The molecule has 0 heterocycles. The molecule has 0 aromatic rings. The highest BCUT2D eigenvalue weighted by atomic mass is 16.3. The number of primary amides is 1. The smallest absolute Gasteiger partial charge is 0.235 e. The number of aliphatic hydroxyl groups is 1. The average molecular weight is 175 g/mol. The van der Waals surface area contributed by atoms with Crippen LogP contribution in [-0.2, 0) is 4.79 Å². The number of hydrogen-bond donors (Lipinski definition) is 3. The number of rotatable bonds is 5. The van der Waals surface area contributed by atoms with Crippen molar-refractivity contribution in [2.24, 2.45) is 11.5 Å². The lowest BCUT2D eigenvalue weighted by atomic mass is 10.2. The third-order valence-electron chi connectivity index (χ3n) is 1.45. The Morgan fingerprint density at radius 2 is 2.08 bits per heavy atom. The van der Waals surface area contributed by atoms with Crippen molar-refractivity contribution in [2.75, 3.05) is 20.1 Å². The summed E-state index contributed by atoms with van der Waals surface area (Å²) in [5, 5.41) is 8.98. The molecule has 0 aromatic heterocycles. The molecule has 12 heavy (non-hydrogen) atoms. The Bertz CT molecular complexity index is 150. The summed E-state index contributed by atoms with van der Waals surface area (Å²) in [6.45, 7) is 2.54. The van der Waals surface area contributed by atoms with Gasteiger partial charge in [0.25, 0.3) is 0 Å². The third-order valence-corrected chi connectivity index (χ3v) is 1.45. The van der Waals surface area contributed by atoms with Crippen molar-refractivity contribution in [3.05, 3.63) is 0 Å². The molecule has 0 spiro atoms. The largest absolute Gasteiger partial charge is 0.392 e. The Hall–Kier alpha value is -0.650. The minimum atomic E-state index is -0.659. The number of carbonyl (C=O) groups excluding carboxylic acids is 1. The molecule has 5 nitrogen and oxygen atoms in total. The van der Waals surface area contributed by atoms with Crippen molar-refractivity contribution in [2.45, 2.75) is 19.1 Å². The van der Waals surface area contributed by atoms with Gasteiger partial charge in [0, 0.05) is 13.1 Å². The summed E-state index contributed by atoms with van der Waals surface area (Å²) in [5.74, 6) is -0.521. The predicted molar refractivity (Wildman–Crippen MR) is 46.3 cm³/mol. The highest BCUT2D eigenvalue weighted by Gasteiger charge is 2.12. The van der Waals surface area contributed by atoms with Gasteiger partial charge >= 0.3 is 0 Å². The summed E-state index contributed by atoms with van der Waals surface area (Å²) < 4.78 is 0. The number of carbonyl (C=O) groups is 1. The lowest BCUT2D eigenvalue weighted by Gasteiger charge is -2.20. The normalized spacial score (nSPS) is 16.1. The maximum atomic E-state index is 10.5. The predicted octanol–water partition coefficient (Wildman–Crippen LogP) is -1.89. The molecule has 0 aliphatic carbocycles. The average Bonchev–Trinajstić information content (AvgIpc) is 1.84. The second kappa shape index (κ2) is 5.08. The van der Waals surface area contributed by atoms with Crippen LogP contribution < -0.4 is 11.5 Å². The molecule has 0 bridgehead atoms. The summed E-state index contributed by atoms with van der Waals surface area (Å²) in [6.07, 6.45) is -0.421. The summed E-state index contributed by atoms with van der Waals surface area (Å²) in [4.78, 5) is 12.3. The fourth-order valence-corrected chi connectivity index (χ4v) is 0.951. The van der Waals surface area contributed by atoms with Gasteiger partial charge in [-0.3, -0.25) is 4.79 Å². The van der Waals surface area contributed by atoms with E-state index in [0.29, 0.717) is 13.1 Å². The van der Waals surface area contributed by atoms with Crippen molar-refractivity contribution >= 4 is 5.91 Å². The quantitative estimate of drug-likeness (QED) is 0.455. The molecule has 0 rings (SSSR count). The zero-order valence-electron chi connectivity index (χ0n) is 7.53. The first-order valence-electron chi connectivity index (χ1n) is 3.85. The van der Waals surface area contributed by atoms with Crippen molar-refractivity contribution in [1.82, 2.24) is 4.90 Å². The van der Waals surface area contributed by atoms with E-state index >= 15 is 0 Å². The van der Waals surface area contributed by atoms with E-state index < -0.39 is 18.1 Å². The Morgan fingerprint density at radius 1 is 1.58 bits per heavy atom. The van der Waals surface area contributed by atoms with Crippen LogP contribution in [0.15, 0.2) is 0 Å². The van der Waals surface area contributed by atoms with Crippen LogP contribution in [0.3, 0.4) is 0 Å². The summed E-state index contributed by atoms with van der Waals surface area (Å²) in [5.41, 5.74) is 10.4. The van der Waals surface area contributed by atoms with Crippen LogP contribution in [0.25, 0.3) is 0 Å². The van der Waals surface area contributed by atoms with E-state index in [1.54, 1.807) is 18.9 Å². The monoisotopic (exact) mass is 175 g/mol. The number of nitrogens with two attached hydrogens (primary N) is 2. The summed E-state index contributed by atoms with van der Waals surface area (Å²) in [6, 6.07) is -0.659. The van der Waals surface area contributed by atoms with Crippen LogP contribution in [0, 0.1) is 0 Å². The zero-order chi connectivity index (χ0) is 9.72. The van der Waals surface area contributed by atoms with Gasteiger partial charge in [-0.2, -0.15) is 0 Å². The molecular formula is C7H17N3O2. The van der Waals surface area contributed by atoms with E-state index in [-0.39, 0.29) is 0 Å². The van der Waals surface area contributed by atoms with Gasteiger partial charge in [-0.1, -0.05) is 0 Å². The molecule has 0 aliphatic heterocycles. The molecule has 0 saturated carbocycles. The van der Waals surface area contributed by atoms with Crippen molar-refractivity contribution < 1.29 is 9.90 Å². The molecular weight excluding hydrogens is 158 g/mol. The maximum Gasteiger partial charge on any atom is 0.235 e. The van der Waals surface area contributed by atoms with E-state index in [9.17, 15) is 4.79 Å². The van der Waals surface area contributed by atoms with Gasteiger partial charge in [0.2, 0.25) is 5.91 Å². The van der Waals surface area contributed by atoms with E-state index in [1.807, 2.05) is 0 Å². The van der Waals surface area contributed by atoms with Gasteiger partial charge in [0.05, 0.1) is 12.1 Å². The third kappa shape index (κ3) is 5.06. The Morgan fingerprint density at radius 3 is 2.42 bits per heavy atom. The minimum absolute atomic E-state index is 0.375. The highest BCUT2D eigenvalue weighted by molar-refractivity contribution is 5.79. The number of aliphatic hydroxyl groups excluding tert-OH is 1. The highest BCUT2D eigenvalue weighted by Crippen LogP contribution is 1.89. The van der Waals surface area contributed by atoms with Crippen molar-refractivity contribution in [1.29, 1.82) is 0 Å². The molecule has 0 saturated heterocycles. The van der Waals surface area contributed by atoms with E-state index in [1.165, 1.54) is 0 Å². The number of nitrogens with zero attached hydrogens (tertiary/aromatic N) is 1. The van der Waals surface area contributed by atoms with Crippen LogP contribution in [0.2, 0.25) is 0 Å². The van der Waals surface area contributed by atoms with Gasteiger partial charge in [0.1, 0.15) is 0 Å². The van der Waals surface area contributed by atoms with Crippen molar-refractivity contribution in [3.8, 4) is 0 Å². The Labute approximate surface area is 72.3 Å². The molecule has 0 aliphatic rings. The van der Waals surface area contributed by atoms with E-state index in [2.05, 4.69) is 0 Å². The molecule has 5 N–H and O–H groups in total. The summed E-state index contributed by atoms with van der Waals surface area (Å²) in [7, 11) is 1.77. The van der Waals surface area contributed by atoms with Crippen LogP contribution in [0.4, 0.5) is 0 Å². The number of hydrogen-bond acceptors (Lipinski definition) is 4. The SMILES string of the molecule is CC(O)CN(C)CC(N)C(N)=O. The standard InChI is InChI=1S/C7H17N3O2/c1-5(11)3-10(2)4-6(8)7(9)12/h5-6,11H,3-4,8H2,1-2H3,(H2,9,12). The number of amides is 1. The van der Waals surface area contributed by atoms with Gasteiger partial charge in [0.15, 0.2) is 0 Å². The van der Waals surface area contributed by atoms with Gasteiger partial charge in [-0.05, 0) is 14.0 Å². The first-order valence-corrected chi connectivity index (χ1v) is 3.85. The zero-order valence-corrected chi connectivity index (χ0v) is 7.53. The van der Waals surface area contributed by atoms with Gasteiger partial charge < -0.3 is 21.5 Å². The molecule has 5 heteroatoms. The van der Waals surface area contributed by atoms with Gasteiger partial charge in [-0.25, -0.2) is 0 Å². The molecule has 2 unspecified atom stereocenters. The molecule has 72 valence electrons. The Balaban J connectivity index is 3.68. The lowest BCUT2D eigenvalue weighted by Crippen LogP contribution is -2.46. The first-order chi connectivity index (χ1) is 5.43. The van der Waals surface area contributed by atoms with E-state index in [4.69, 9.17) is 16.6 Å². The first kappa shape index (κ1) is 11.4. The molecule has 2 atom stereocenters. The van der Waals surface area contributed by atoms with Crippen LogP contribution >= 0.6 is 0 Å². The van der Waals surface area contributed by atoms with Crippen LogP contribution in [0.1, 0.15) is 6.92 Å². The fourth-order valence-electron chi connectivity index (χ4n) is 0.951. The second-order valence-corrected chi connectivity index (χ2v) is 3.08. The fraction of sp³-hybridized carbons (Fsp3) is 0.857. The van der Waals surface area contributed by atoms with Crippen LogP contribution in [0.5, 0.6) is 0 Å². The molecule has 0 fully saturated rings. The summed E-state index contributed by atoms with van der Waals surface area (Å²) >= 11 is 0. The molecule has 0 radical (unpaired) electrons. The number of likely N-dealkylation sites (N-methyl/N-ethyl adjacent to an activating group) is 1. The molecule has 1 amide bonds. The van der Waals surface area contributed by atoms with Crippen LogP contribution in [-0.4, -0.2) is 48.2 Å². The van der Waals surface area contributed by atoms with Gasteiger partial charge in [-0.15, -0.1) is 0 Å². The lowest BCUT2D eigenvalue weighted by molar-refractivity contribution is -0.119. The van der Waals surface area contributed by atoms with E-state index in [0.717, 1.165) is 0 Å². The minimum Gasteiger partial charge on any atom is -0.392 e. The van der Waals surface area contributed by atoms with Crippen molar-refractivity contribution in [3.63, 3.8) is 0 Å².